The fraction of sp³-hybridized carbons (Fsp3) is 0.429. The Balaban J connectivity index is 1.42. The van der Waals surface area contributed by atoms with Crippen LogP contribution < -0.4 is 10.9 Å². The molecular weight excluding hydrogens is 404 g/mol. The van der Waals surface area contributed by atoms with Crippen LogP contribution in [0.5, 0.6) is 0 Å². The summed E-state index contributed by atoms with van der Waals surface area (Å²) >= 11 is 3.09. The Bertz CT molecular complexity index is 1240. The van der Waals surface area contributed by atoms with Gasteiger partial charge in [0.05, 0.1) is 17.3 Å². The number of carbonyl (C=O) groups is 1. The standard InChI is InChI=1S/C21H20N4O2S2/c1-11-5-6-13-16(7-11)29-20-18(13)21(27)25(10-23-20)9-17(26)24-19-14(8-22)12-3-2-4-15(12)28-19/h10-11H,2-7,9H2,1H3,(H,24,26). The number of nitrogens with zero attached hydrogens (tertiary/aromatic N) is 3. The van der Waals surface area contributed by atoms with E-state index < -0.39 is 0 Å². The van der Waals surface area contributed by atoms with Crippen LogP contribution in [0.1, 0.15) is 46.2 Å². The molecule has 0 saturated heterocycles. The van der Waals surface area contributed by atoms with Crippen LogP contribution in [0.25, 0.3) is 10.2 Å². The highest BCUT2D eigenvalue weighted by atomic mass is 32.1. The molecule has 1 atom stereocenters. The van der Waals surface area contributed by atoms with Crippen molar-refractivity contribution < 1.29 is 4.79 Å². The van der Waals surface area contributed by atoms with Crippen molar-refractivity contribution in [3.05, 3.63) is 43.1 Å². The van der Waals surface area contributed by atoms with Crippen molar-refractivity contribution in [3.8, 4) is 6.07 Å². The number of aryl methyl sites for hydroxylation is 2. The predicted molar refractivity (Wildman–Crippen MR) is 115 cm³/mol. The number of fused-ring (bicyclic) bond motifs is 4. The molecule has 6 nitrogen and oxygen atoms in total. The van der Waals surface area contributed by atoms with Crippen LogP contribution in [0.3, 0.4) is 0 Å². The van der Waals surface area contributed by atoms with E-state index in [2.05, 4.69) is 23.3 Å². The number of amides is 1. The molecule has 2 aliphatic carbocycles. The van der Waals surface area contributed by atoms with Gasteiger partial charge in [-0.05, 0) is 55.6 Å². The number of rotatable bonds is 3. The van der Waals surface area contributed by atoms with Crippen molar-refractivity contribution in [2.75, 3.05) is 5.32 Å². The summed E-state index contributed by atoms with van der Waals surface area (Å²) in [5.74, 6) is 0.327. The van der Waals surface area contributed by atoms with E-state index in [1.807, 2.05) is 0 Å². The first kappa shape index (κ1) is 18.5. The summed E-state index contributed by atoms with van der Waals surface area (Å²) in [6.45, 7) is 2.13. The fourth-order valence-corrected chi connectivity index (χ4v) is 7.01. The quantitative estimate of drug-likeness (QED) is 0.695. The SMILES string of the molecule is CC1CCc2c(sc3ncn(CC(=O)Nc4sc5c(c4C#N)CCC5)c(=O)c23)C1. The molecule has 0 fully saturated rings. The van der Waals surface area contributed by atoms with Crippen molar-refractivity contribution in [2.24, 2.45) is 5.92 Å². The topological polar surface area (TPSA) is 87.8 Å². The molecular formula is C21H20N4O2S2. The number of nitrogens with one attached hydrogen (secondary N) is 1. The molecule has 0 radical (unpaired) electrons. The predicted octanol–water partition coefficient (Wildman–Crippen LogP) is 3.64. The van der Waals surface area contributed by atoms with Gasteiger partial charge in [-0.2, -0.15) is 5.26 Å². The zero-order valence-electron chi connectivity index (χ0n) is 16.1. The first-order valence-corrected chi connectivity index (χ1v) is 11.5. The molecule has 3 heterocycles. The molecule has 0 aliphatic heterocycles. The van der Waals surface area contributed by atoms with Crippen LogP contribution in [0.15, 0.2) is 11.1 Å². The molecule has 1 unspecified atom stereocenters. The summed E-state index contributed by atoms with van der Waals surface area (Å²) in [7, 11) is 0. The van der Waals surface area contributed by atoms with Gasteiger partial charge in [-0.3, -0.25) is 14.2 Å². The van der Waals surface area contributed by atoms with Gasteiger partial charge >= 0.3 is 0 Å². The van der Waals surface area contributed by atoms with Gasteiger partial charge in [0, 0.05) is 9.75 Å². The van der Waals surface area contributed by atoms with E-state index in [0.717, 1.165) is 54.5 Å². The molecule has 0 bridgehead atoms. The molecule has 0 aromatic carbocycles. The average molecular weight is 425 g/mol. The molecule has 8 heteroatoms. The Morgan fingerprint density at radius 2 is 2.17 bits per heavy atom. The lowest BCUT2D eigenvalue weighted by atomic mass is 9.89. The van der Waals surface area contributed by atoms with E-state index in [9.17, 15) is 14.9 Å². The summed E-state index contributed by atoms with van der Waals surface area (Å²) in [6, 6.07) is 2.23. The number of hydrogen-bond donors (Lipinski definition) is 1. The number of hydrogen-bond acceptors (Lipinski definition) is 6. The third kappa shape index (κ3) is 3.09. The first-order valence-electron chi connectivity index (χ1n) is 9.89. The second-order valence-corrected chi connectivity index (χ2v) is 10.1. The molecule has 1 amide bonds. The first-order chi connectivity index (χ1) is 14.0. The van der Waals surface area contributed by atoms with Gasteiger partial charge in [-0.15, -0.1) is 22.7 Å². The highest BCUT2D eigenvalue weighted by Crippen LogP contribution is 2.38. The summed E-state index contributed by atoms with van der Waals surface area (Å²) in [5.41, 5.74) is 2.63. The molecule has 0 spiro atoms. The van der Waals surface area contributed by atoms with Gasteiger partial charge in [0.1, 0.15) is 22.4 Å². The maximum Gasteiger partial charge on any atom is 0.262 e. The molecule has 148 valence electrons. The van der Waals surface area contributed by atoms with Gasteiger partial charge in [-0.25, -0.2) is 4.98 Å². The summed E-state index contributed by atoms with van der Waals surface area (Å²) in [6.07, 6.45) is 7.36. The Kier molecular flexibility index (Phi) is 4.52. The smallest absolute Gasteiger partial charge is 0.262 e. The lowest BCUT2D eigenvalue weighted by Crippen LogP contribution is -2.28. The molecule has 3 aromatic rings. The lowest BCUT2D eigenvalue weighted by molar-refractivity contribution is -0.116. The Labute approximate surface area is 175 Å². The molecule has 5 rings (SSSR count). The van der Waals surface area contributed by atoms with Crippen LogP contribution in [-0.4, -0.2) is 15.5 Å². The number of anilines is 1. The van der Waals surface area contributed by atoms with Crippen LogP contribution in [-0.2, 0) is 37.0 Å². The van der Waals surface area contributed by atoms with Gasteiger partial charge in [-0.1, -0.05) is 6.92 Å². The Morgan fingerprint density at radius 3 is 3.00 bits per heavy atom. The Hall–Kier alpha value is -2.50. The van der Waals surface area contributed by atoms with Crippen molar-refractivity contribution in [1.82, 2.24) is 9.55 Å². The fourth-order valence-electron chi connectivity index (χ4n) is 4.41. The van der Waals surface area contributed by atoms with Gasteiger partial charge in [0.2, 0.25) is 5.91 Å². The highest BCUT2D eigenvalue weighted by molar-refractivity contribution is 7.18. The summed E-state index contributed by atoms with van der Waals surface area (Å²) in [5, 5.41) is 13.6. The number of aromatic nitrogens is 2. The molecule has 1 N–H and O–H groups in total. The number of thiophene rings is 2. The van der Waals surface area contributed by atoms with E-state index in [-0.39, 0.29) is 18.0 Å². The molecule has 0 saturated carbocycles. The van der Waals surface area contributed by atoms with Crippen molar-refractivity contribution in [2.45, 2.75) is 52.0 Å². The van der Waals surface area contributed by atoms with Crippen molar-refractivity contribution >= 4 is 43.8 Å². The second-order valence-electron chi connectivity index (χ2n) is 7.93. The van der Waals surface area contributed by atoms with Crippen molar-refractivity contribution in [3.63, 3.8) is 0 Å². The van der Waals surface area contributed by atoms with E-state index in [1.165, 1.54) is 32.0 Å². The minimum Gasteiger partial charge on any atom is -0.315 e. The monoisotopic (exact) mass is 424 g/mol. The minimum absolute atomic E-state index is 0.101. The van der Waals surface area contributed by atoms with Gasteiger partial charge in [0.25, 0.3) is 5.56 Å². The lowest BCUT2D eigenvalue weighted by Gasteiger charge is -2.17. The third-order valence-corrected chi connectivity index (χ3v) is 8.25. The van der Waals surface area contributed by atoms with E-state index in [0.29, 0.717) is 21.9 Å². The molecule has 2 aliphatic rings. The van der Waals surface area contributed by atoms with E-state index in [1.54, 1.807) is 11.3 Å². The highest BCUT2D eigenvalue weighted by Gasteiger charge is 2.25. The molecule has 3 aromatic heterocycles. The Morgan fingerprint density at radius 1 is 1.31 bits per heavy atom. The number of nitriles is 1. The molecule has 29 heavy (non-hydrogen) atoms. The zero-order chi connectivity index (χ0) is 20.1. The van der Waals surface area contributed by atoms with Gasteiger partial charge in [0.15, 0.2) is 0 Å². The summed E-state index contributed by atoms with van der Waals surface area (Å²) in [4.78, 5) is 33.4. The average Bonchev–Trinajstić information content (AvgIpc) is 3.36. The van der Waals surface area contributed by atoms with E-state index in [4.69, 9.17) is 0 Å². The van der Waals surface area contributed by atoms with Crippen LogP contribution in [0.2, 0.25) is 0 Å². The maximum absolute atomic E-state index is 13.1. The maximum atomic E-state index is 13.1. The van der Waals surface area contributed by atoms with Crippen LogP contribution in [0.4, 0.5) is 5.00 Å². The third-order valence-electron chi connectivity index (χ3n) is 5.88. The number of carbonyl (C=O) groups excluding carboxylic acids is 1. The largest absolute Gasteiger partial charge is 0.315 e. The second kappa shape index (κ2) is 7.08. The van der Waals surface area contributed by atoms with Crippen LogP contribution >= 0.6 is 22.7 Å². The van der Waals surface area contributed by atoms with Crippen LogP contribution in [0, 0.1) is 17.2 Å². The van der Waals surface area contributed by atoms with Gasteiger partial charge < -0.3 is 5.32 Å². The normalized spacial score (nSPS) is 17.7. The minimum atomic E-state index is -0.303. The van der Waals surface area contributed by atoms with E-state index >= 15 is 0 Å². The summed E-state index contributed by atoms with van der Waals surface area (Å²) < 4.78 is 1.38. The van der Waals surface area contributed by atoms with Crippen molar-refractivity contribution in [1.29, 1.82) is 5.26 Å². The zero-order valence-corrected chi connectivity index (χ0v) is 17.7.